The highest BCUT2D eigenvalue weighted by Crippen LogP contribution is 2.46. The molecule has 2 heterocycles. The lowest BCUT2D eigenvalue weighted by atomic mass is 9.88. The summed E-state index contributed by atoms with van der Waals surface area (Å²) in [6.45, 7) is 6.60. The van der Waals surface area contributed by atoms with Gasteiger partial charge < -0.3 is 4.74 Å². The number of rotatable bonds is 2. The zero-order valence-corrected chi connectivity index (χ0v) is 14.5. The molecule has 114 valence electrons. The lowest BCUT2D eigenvalue weighted by Gasteiger charge is -2.19. The summed E-state index contributed by atoms with van der Waals surface area (Å²) in [6.07, 6.45) is 1.55. The Kier molecular flexibility index (Phi) is 3.83. The number of fused-ring (bicyclic) bond motifs is 1. The molecule has 0 aliphatic rings. The van der Waals surface area contributed by atoms with Gasteiger partial charge in [-0.1, -0.05) is 44.5 Å². The van der Waals surface area contributed by atoms with Crippen molar-refractivity contribution in [2.24, 2.45) is 0 Å². The Morgan fingerprint density at radius 3 is 2.59 bits per heavy atom. The molecule has 3 rings (SSSR count). The van der Waals surface area contributed by atoms with Crippen LogP contribution in [0.4, 0.5) is 0 Å². The Bertz CT molecular complexity index is 836. The minimum atomic E-state index is -0.00592. The number of aromatic nitrogens is 2. The van der Waals surface area contributed by atoms with Crippen LogP contribution in [-0.4, -0.2) is 17.1 Å². The van der Waals surface area contributed by atoms with Crippen LogP contribution >= 0.6 is 22.9 Å². The molecule has 0 bridgehead atoms. The van der Waals surface area contributed by atoms with E-state index in [-0.39, 0.29) is 5.41 Å². The third-order valence-corrected chi connectivity index (χ3v) is 5.20. The molecule has 0 atom stereocenters. The molecular formula is C17H17ClN2OS. The molecule has 5 heteroatoms. The number of benzene rings is 1. The first-order valence-electron chi connectivity index (χ1n) is 6.99. The van der Waals surface area contributed by atoms with E-state index >= 15 is 0 Å². The normalized spacial score (nSPS) is 11.9. The van der Waals surface area contributed by atoms with Crippen molar-refractivity contribution in [3.8, 4) is 17.0 Å². The van der Waals surface area contributed by atoms with E-state index < -0.39 is 0 Å². The summed E-state index contributed by atoms with van der Waals surface area (Å²) < 4.78 is 5.47. The highest BCUT2D eigenvalue weighted by atomic mass is 35.5. The van der Waals surface area contributed by atoms with E-state index in [9.17, 15) is 0 Å². The van der Waals surface area contributed by atoms with E-state index in [2.05, 4.69) is 36.8 Å². The number of thiophene rings is 1. The van der Waals surface area contributed by atoms with E-state index in [4.69, 9.17) is 16.3 Å². The summed E-state index contributed by atoms with van der Waals surface area (Å²) in [5, 5.41) is 1.68. The summed E-state index contributed by atoms with van der Waals surface area (Å²) in [6, 6.07) is 7.88. The fraction of sp³-hybridized carbons (Fsp3) is 0.294. The van der Waals surface area contributed by atoms with Crippen molar-refractivity contribution < 1.29 is 4.74 Å². The molecule has 3 aromatic rings. The van der Waals surface area contributed by atoms with E-state index in [0.29, 0.717) is 10.9 Å². The van der Waals surface area contributed by atoms with Gasteiger partial charge in [-0.05, 0) is 23.1 Å². The first-order valence-corrected chi connectivity index (χ1v) is 8.19. The molecule has 0 radical (unpaired) electrons. The minimum Gasteiger partial charge on any atom is -0.480 e. The van der Waals surface area contributed by atoms with E-state index in [1.54, 1.807) is 24.8 Å². The minimum absolute atomic E-state index is 0.00592. The molecule has 0 spiro atoms. The molecule has 0 aliphatic carbocycles. The molecule has 0 amide bonds. The number of hydrogen-bond acceptors (Lipinski definition) is 4. The molecule has 3 nitrogen and oxygen atoms in total. The first-order chi connectivity index (χ1) is 10.4. The second-order valence-corrected chi connectivity index (χ2v) is 7.57. The van der Waals surface area contributed by atoms with Gasteiger partial charge in [0.15, 0.2) is 0 Å². The Hall–Kier alpha value is -1.65. The summed E-state index contributed by atoms with van der Waals surface area (Å²) in [7, 11) is 1.64. The average molecular weight is 333 g/mol. The molecule has 1 aromatic carbocycles. The van der Waals surface area contributed by atoms with Crippen LogP contribution in [0.5, 0.6) is 5.88 Å². The van der Waals surface area contributed by atoms with E-state index in [1.165, 1.54) is 4.88 Å². The molecule has 0 fully saturated rings. The fourth-order valence-corrected chi connectivity index (χ4v) is 3.91. The summed E-state index contributed by atoms with van der Waals surface area (Å²) in [5.41, 5.74) is 2.18. The summed E-state index contributed by atoms with van der Waals surface area (Å²) in [5.74, 6) is 0.603. The highest BCUT2D eigenvalue weighted by Gasteiger charge is 2.26. The van der Waals surface area contributed by atoms with Gasteiger partial charge in [0.05, 0.1) is 12.5 Å². The largest absolute Gasteiger partial charge is 0.480 e. The predicted molar refractivity (Wildman–Crippen MR) is 93.1 cm³/mol. The third-order valence-electron chi connectivity index (χ3n) is 3.44. The van der Waals surface area contributed by atoms with Crippen molar-refractivity contribution in [2.75, 3.05) is 7.11 Å². The fourth-order valence-electron chi connectivity index (χ4n) is 2.51. The maximum atomic E-state index is 6.19. The van der Waals surface area contributed by atoms with Crippen molar-refractivity contribution in [2.45, 2.75) is 26.2 Å². The van der Waals surface area contributed by atoms with Gasteiger partial charge in [0, 0.05) is 15.5 Å². The zero-order chi connectivity index (χ0) is 15.9. The van der Waals surface area contributed by atoms with Crippen molar-refractivity contribution in [3.63, 3.8) is 0 Å². The topological polar surface area (TPSA) is 35.0 Å². The third kappa shape index (κ3) is 2.57. The van der Waals surface area contributed by atoms with Gasteiger partial charge >= 0.3 is 0 Å². The van der Waals surface area contributed by atoms with Crippen molar-refractivity contribution >= 4 is 33.2 Å². The lowest BCUT2D eigenvalue weighted by Crippen LogP contribution is -2.10. The second kappa shape index (κ2) is 5.52. The number of halogens is 1. The Balaban J connectivity index is 2.43. The van der Waals surface area contributed by atoms with Crippen LogP contribution in [0.2, 0.25) is 5.02 Å². The SMILES string of the molecule is COc1ncnc2sc(C(C)(C)C)c(-c3cccc(Cl)c3)c12. The van der Waals surface area contributed by atoms with Crippen molar-refractivity contribution in [1.82, 2.24) is 9.97 Å². The van der Waals surface area contributed by atoms with Crippen LogP contribution in [0.15, 0.2) is 30.6 Å². The standard InChI is InChI=1S/C17H17ClN2OS/c1-17(2,3)14-12(10-6-5-7-11(18)8-10)13-15(21-4)19-9-20-16(13)22-14/h5-9H,1-4H3. The van der Waals surface area contributed by atoms with Crippen molar-refractivity contribution in [3.05, 3.63) is 40.5 Å². The molecule has 0 N–H and O–H groups in total. The maximum absolute atomic E-state index is 6.19. The van der Waals surface area contributed by atoms with Gasteiger partial charge in [-0.25, -0.2) is 9.97 Å². The van der Waals surface area contributed by atoms with Gasteiger partial charge in [-0.3, -0.25) is 0 Å². The molecule has 0 saturated heterocycles. The second-order valence-electron chi connectivity index (χ2n) is 6.13. The number of ether oxygens (including phenoxy) is 1. The van der Waals surface area contributed by atoms with Gasteiger partial charge in [-0.15, -0.1) is 11.3 Å². The molecule has 0 unspecified atom stereocenters. The van der Waals surface area contributed by atoms with Crippen LogP contribution in [0.25, 0.3) is 21.3 Å². The van der Waals surface area contributed by atoms with Crippen molar-refractivity contribution in [1.29, 1.82) is 0 Å². The van der Waals surface area contributed by atoms with Gasteiger partial charge in [0.1, 0.15) is 11.2 Å². The smallest absolute Gasteiger partial charge is 0.225 e. The molecule has 0 aliphatic heterocycles. The van der Waals surface area contributed by atoms with E-state index in [1.807, 2.05) is 18.2 Å². The highest BCUT2D eigenvalue weighted by molar-refractivity contribution is 7.19. The zero-order valence-electron chi connectivity index (χ0n) is 13.0. The van der Waals surface area contributed by atoms with Crippen LogP contribution < -0.4 is 4.74 Å². The maximum Gasteiger partial charge on any atom is 0.225 e. The average Bonchev–Trinajstić information content (AvgIpc) is 2.86. The van der Waals surface area contributed by atoms with Crippen LogP contribution in [0.3, 0.4) is 0 Å². The molecule has 22 heavy (non-hydrogen) atoms. The number of methoxy groups -OCH3 is 1. The van der Waals surface area contributed by atoms with Crippen LogP contribution in [0.1, 0.15) is 25.6 Å². The molecule has 0 saturated carbocycles. The monoisotopic (exact) mass is 332 g/mol. The summed E-state index contributed by atoms with van der Waals surface area (Å²) >= 11 is 7.88. The van der Waals surface area contributed by atoms with Gasteiger partial charge in [0.25, 0.3) is 0 Å². The quantitative estimate of drug-likeness (QED) is 0.637. The van der Waals surface area contributed by atoms with Crippen LogP contribution in [-0.2, 0) is 5.41 Å². The molecule has 2 aromatic heterocycles. The van der Waals surface area contributed by atoms with Crippen LogP contribution in [0, 0.1) is 0 Å². The van der Waals surface area contributed by atoms with Gasteiger partial charge in [-0.2, -0.15) is 0 Å². The van der Waals surface area contributed by atoms with E-state index in [0.717, 1.165) is 21.3 Å². The summed E-state index contributed by atoms with van der Waals surface area (Å²) in [4.78, 5) is 10.9. The molecular weight excluding hydrogens is 316 g/mol. The van der Waals surface area contributed by atoms with Gasteiger partial charge in [0.2, 0.25) is 5.88 Å². The first kappa shape index (κ1) is 15.3. The lowest BCUT2D eigenvalue weighted by molar-refractivity contribution is 0.403. The number of hydrogen-bond donors (Lipinski definition) is 0. The Morgan fingerprint density at radius 1 is 1.18 bits per heavy atom. The number of nitrogens with zero attached hydrogens (tertiary/aromatic N) is 2. The Labute approximate surface area is 138 Å². The predicted octanol–water partition coefficient (Wildman–Crippen LogP) is 5.32. The Morgan fingerprint density at radius 2 is 1.95 bits per heavy atom.